The number of hydrogen-bond donors (Lipinski definition) is 1. The average molecular weight is 350 g/mol. The number of nitrogens with one attached hydrogen (secondary N) is 1. The third kappa shape index (κ3) is 3.26. The van der Waals surface area contributed by atoms with Crippen LogP contribution in [0, 0.1) is 13.8 Å². The SMILES string of the molecule is Cc1c(CCC(C)F)c(C)n2nc(Cl)cc(NCc3ccco3)c12. The molecular formula is C18H21ClFN3O. The smallest absolute Gasteiger partial charge is 0.152 e. The Morgan fingerprint density at radius 2 is 2.21 bits per heavy atom. The number of aromatic nitrogens is 2. The Morgan fingerprint density at radius 3 is 2.88 bits per heavy atom. The van der Waals surface area contributed by atoms with Crippen LogP contribution in [-0.4, -0.2) is 15.8 Å². The van der Waals surface area contributed by atoms with Crippen molar-refractivity contribution in [3.05, 3.63) is 52.2 Å². The van der Waals surface area contributed by atoms with Gasteiger partial charge >= 0.3 is 0 Å². The van der Waals surface area contributed by atoms with Gasteiger partial charge in [0.1, 0.15) is 5.76 Å². The molecule has 3 rings (SSSR count). The van der Waals surface area contributed by atoms with E-state index in [0.717, 1.165) is 33.8 Å². The first-order valence-electron chi connectivity index (χ1n) is 8.05. The summed E-state index contributed by atoms with van der Waals surface area (Å²) in [6.45, 7) is 6.20. The third-order valence-electron chi connectivity index (χ3n) is 4.31. The Balaban J connectivity index is 2.00. The zero-order chi connectivity index (χ0) is 17.3. The second-order valence-electron chi connectivity index (χ2n) is 6.08. The van der Waals surface area contributed by atoms with Crippen LogP contribution in [0.4, 0.5) is 10.1 Å². The number of nitrogens with zero attached hydrogens (tertiary/aromatic N) is 2. The van der Waals surface area contributed by atoms with E-state index in [1.807, 2.05) is 36.6 Å². The van der Waals surface area contributed by atoms with Crippen molar-refractivity contribution in [1.29, 1.82) is 0 Å². The summed E-state index contributed by atoms with van der Waals surface area (Å²) in [4.78, 5) is 0. The summed E-state index contributed by atoms with van der Waals surface area (Å²) in [5.74, 6) is 0.841. The van der Waals surface area contributed by atoms with E-state index in [2.05, 4.69) is 10.4 Å². The summed E-state index contributed by atoms with van der Waals surface area (Å²) in [5, 5.41) is 8.19. The fourth-order valence-corrected chi connectivity index (χ4v) is 3.25. The zero-order valence-electron chi connectivity index (χ0n) is 14.1. The normalized spacial score (nSPS) is 12.7. The number of furan rings is 1. The van der Waals surface area contributed by atoms with E-state index in [1.165, 1.54) is 0 Å². The maximum Gasteiger partial charge on any atom is 0.152 e. The second kappa shape index (κ2) is 6.85. The van der Waals surface area contributed by atoms with Crippen LogP contribution in [0.2, 0.25) is 5.15 Å². The van der Waals surface area contributed by atoms with E-state index < -0.39 is 6.17 Å². The molecule has 128 valence electrons. The number of fused-ring (bicyclic) bond motifs is 1. The Morgan fingerprint density at radius 1 is 1.42 bits per heavy atom. The van der Waals surface area contributed by atoms with Crippen molar-refractivity contribution in [3.8, 4) is 0 Å². The summed E-state index contributed by atoms with van der Waals surface area (Å²) in [6, 6.07) is 5.58. The maximum absolute atomic E-state index is 13.3. The van der Waals surface area contributed by atoms with Gasteiger partial charge in [-0.2, -0.15) is 5.10 Å². The molecule has 0 radical (unpaired) electrons. The molecule has 0 aromatic carbocycles. The van der Waals surface area contributed by atoms with E-state index in [4.69, 9.17) is 16.0 Å². The Bertz CT molecular complexity index is 840. The van der Waals surface area contributed by atoms with Gasteiger partial charge in [0, 0.05) is 11.8 Å². The molecule has 1 N–H and O–H groups in total. The summed E-state index contributed by atoms with van der Waals surface area (Å²) < 4.78 is 20.5. The van der Waals surface area contributed by atoms with Gasteiger partial charge in [0.2, 0.25) is 0 Å². The molecule has 0 aliphatic heterocycles. The van der Waals surface area contributed by atoms with Gasteiger partial charge in [-0.3, -0.25) is 0 Å². The van der Waals surface area contributed by atoms with Gasteiger partial charge in [-0.05, 0) is 56.9 Å². The molecule has 1 unspecified atom stereocenters. The number of alkyl halides is 1. The zero-order valence-corrected chi connectivity index (χ0v) is 14.8. The summed E-state index contributed by atoms with van der Waals surface area (Å²) in [6.07, 6.45) is 2.02. The quantitative estimate of drug-likeness (QED) is 0.673. The van der Waals surface area contributed by atoms with Gasteiger partial charge in [-0.1, -0.05) is 11.6 Å². The van der Waals surface area contributed by atoms with E-state index >= 15 is 0 Å². The molecule has 0 saturated carbocycles. The largest absolute Gasteiger partial charge is 0.467 e. The minimum absolute atomic E-state index is 0.410. The number of halogens is 2. The minimum Gasteiger partial charge on any atom is -0.467 e. The molecule has 4 nitrogen and oxygen atoms in total. The van der Waals surface area contributed by atoms with E-state index in [1.54, 1.807) is 13.2 Å². The highest BCUT2D eigenvalue weighted by Crippen LogP contribution is 2.31. The number of aryl methyl sites for hydroxylation is 2. The summed E-state index contributed by atoms with van der Waals surface area (Å²) in [5.41, 5.74) is 5.12. The molecule has 1 atom stereocenters. The van der Waals surface area contributed by atoms with E-state index in [0.29, 0.717) is 24.5 Å². The lowest BCUT2D eigenvalue weighted by molar-refractivity contribution is 0.341. The van der Waals surface area contributed by atoms with Gasteiger partial charge in [0.05, 0.1) is 30.2 Å². The number of rotatable bonds is 6. The Kier molecular flexibility index (Phi) is 4.81. The van der Waals surface area contributed by atoms with E-state index in [9.17, 15) is 4.39 Å². The van der Waals surface area contributed by atoms with Crippen LogP contribution in [0.25, 0.3) is 5.52 Å². The third-order valence-corrected chi connectivity index (χ3v) is 4.50. The molecule has 0 aliphatic rings. The molecule has 24 heavy (non-hydrogen) atoms. The van der Waals surface area contributed by atoms with Crippen molar-refractivity contribution in [3.63, 3.8) is 0 Å². The van der Waals surface area contributed by atoms with Crippen molar-refractivity contribution in [2.45, 2.75) is 46.3 Å². The minimum atomic E-state index is -0.820. The highest BCUT2D eigenvalue weighted by Gasteiger charge is 2.18. The van der Waals surface area contributed by atoms with Gasteiger partial charge in [0.15, 0.2) is 5.15 Å². The molecule has 0 spiro atoms. The topological polar surface area (TPSA) is 42.5 Å². The molecule has 0 saturated heterocycles. The van der Waals surface area contributed by atoms with Crippen LogP contribution in [0.1, 0.15) is 35.9 Å². The van der Waals surface area contributed by atoms with E-state index in [-0.39, 0.29) is 0 Å². The molecule has 3 aromatic heterocycles. The lowest BCUT2D eigenvalue weighted by Gasteiger charge is -2.09. The highest BCUT2D eigenvalue weighted by atomic mass is 35.5. The lowest BCUT2D eigenvalue weighted by atomic mass is 10.0. The molecule has 3 heterocycles. The summed E-state index contributed by atoms with van der Waals surface area (Å²) in [7, 11) is 0. The highest BCUT2D eigenvalue weighted by molar-refractivity contribution is 6.29. The molecular weight excluding hydrogens is 329 g/mol. The molecule has 0 amide bonds. The molecule has 0 bridgehead atoms. The second-order valence-corrected chi connectivity index (χ2v) is 6.47. The number of anilines is 1. The first kappa shape index (κ1) is 16.8. The first-order valence-corrected chi connectivity index (χ1v) is 8.42. The molecule has 6 heteroatoms. The van der Waals surface area contributed by atoms with Crippen molar-refractivity contribution in [1.82, 2.24) is 9.61 Å². The van der Waals surface area contributed by atoms with Crippen LogP contribution < -0.4 is 5.32 Å². The Labute approximate surface area is 145 Å². The predicted molar refractivity (Wildman–Crippen MR) is 94.6 cm³/mol. The van der Waals surface area contributed by atoms with Gasteiger partial charge < -0.3 is 9.73 Å². The van der Waals surface area contributed by atoms with Gasteiger partial charge in [0.25, 0.3) is 0 Å². The predicted octanol–water partition coefficient (Wildman–Crippen LogP) is 5.10. The maximum atomic E-state index is 13.3. The van der Waals surface area contributed by atoms with Crippen molar-refractivity contribution < 1.29 is 8.81 Å². The fraction of sp³-hybridized carbons (Fsp3) is 0.389. The Hall–Kier alpha value is -2.01. The van der Waals surface area contributed by atoms with Crippen LogP contribution in [0.5, 0.6) is 0 Å². The number of hydrogen-bond acceptors (Lipinski definition) is 3. The van der Waals surface area contributed by atoms with Gasteiger partial charge in [-0.15, -0.1) is 0 Å². The van der Waals surface area contributed by atoms with Gasteiger partial charge in [-0.25, -0.2) is 8.91 Å². The molecule has 0 aliphatic carbocycles. The molecule has 3 aromatic rings. The lowest BCUT2D eigenvalue weighted by Crippen LogP contribution is -2.03. The average Bonchev–Trinajstić information content (AvgIpc) is 3.12. The standard InChI is InChI=1S/C18H21ClFN3O/c1-11(20)6-7-15-12(2)18-16(21-10-14-5-4-8-24-14)9-17(19)22-23(18)13(15)3/h4-5,8-9,11,21H,6-7,10H2,1-3H3. The first-order chi connectivity index (χ1) is 11.5. The van der Waals surface area contributed by atoms with Crippen molar-refractivity contribution >= 4 is 22.8 Å². The molecule has 0 fully saturated rings. The van der Waals surface area contributed by atoms with Crippen LogP contribution in [0.3, 0.4) is 0 Å². The van der Waals surface area contributed by atoms with Crippen LogP contribution in [0.15, 0.2) is 28.9 Å². The fourth-order valence-electron chi connectivity index (χ4n) is 3.06. The van der Waals surface area contributed by atoms with Crippen molar-refractivity contribution in [2.75, 3.05) is 5.32 Å². The van der Waals surface area contributed by atoms with Crippen molar-refractivity contribution in [2.24, 2.45) is 0 Å². The summed E-state index contributed by atoms with van der Waals surface area (Å²) >= 11 is 6.19. The monoisotopic (exact) mass is 349 g/mol. The van der Waals surface area contributed by atoms with Crippen LogP contribution >= 0.6 is 11.6 Å². The van der Waals surface area contributed by atoms with Crippen LogP contribution in [-0.2, 0) is 13.0 Å².